The van der Waals surface area contributed by atoms with Gasteiger partial charge in [0.1, 0.15) is 0 Å². The second-order valence-electron chi connectivity index (χ2n) is 8.35. The van der Waals surface area contributed by atoms with Crippen molar-refractivity contribution in [3.63, 3.8) is 0 Å². The van der Waals surface area contributed by atoms with Gasteiger partial charge < -0.3 is 19.9 Å². The molecule has 0 unspecified atom stereocenters. The van der Waals surface area contributed by atoms with Gasteiger partial charge in [0.25, 0.3) is 5.91 Å². The van der Waals surface area contributed by atoms with Crippen LogP contribution < -0.4 is 5.32 Å². The summed E-state index contributed by atoms with van der Waals surface area (Å²) in [6, 6.07) is 8.69. The van der Waals surface area contributed by atoms with Gasteiger partial charge in [0.2, 0.25) is 5.91 Å². The molecule has 1 aromatic carbocycles. The fraction of sp³-hybridized carbons (Fsp3) is 0.565. The van der Waals surface area contributed by atoms with E-state index in [0.717, 1.165) is 69.4 Å². The third-order valence-electron chi connectivity index (χ3n) is 6.51. The monoisotopic (exact) mass is 412 g/mol. The van der Waals surface area contributed by atoms with Crippen LogP contribution in [0.3, 0.4) is 0 Å². The van der Waals surface area contributed by atoms with E-state index in [0.29, 0.717) is 24.2 Å². The molecule has 0 atom stereocenters. The summed E-state index contributed by atoms with van der Waals surface area (Å²) in [5.41, 5.74) is 1.65. The minimum Gasteiger partial charge on any atom is -0.381 e. The van der Waals surface area contributed by atoms with Crippen LogP contribution in [-0.2, 0) is 9.53 Å². The number of fused-ring (bicyclic) bond motifs is 1. The Bertz CT molecular complexity index is 866. The molecule has 30 heavy (non-hydrogen) atoms. The quantitative estimate of drug-likeness (QED) is 0.764. The molecule has 2 saturated heterocycles. The molecule has 7 heteroatoms. The normalized spacial score (nSPS) is 18.8. The lowest BCUT2D eigenvalue weighted by Gasteiger charge is -2.43. The van der Waals surface area contributed by atoms with Crippen molar-refractivity contribution in [2.75, 3.05) is 39.4 Å². The molecule has 2 N–H and O–H groups in total. The largest absolute Gasteiger partial charge is 0.381 e. The van der Waals surface area contributed by atoms with Crippen molar-refractivity contribution in [1.29, 1.82) is 0 Å². The highest BCUT2D eigenvalue weighted by molar-refractivity contribution is 5.97. The number of nitrogens with zero attached hydrogens (tertiary/aromatic N) is 2. The molecule has 0 bridgehead atoms. The zero-order chi connectivity index (χ0) is 20.9. The van der Waals surface area contributed by atoms with Gasteiger partial charge >= 0.3 is 0 Å². The predicted octanol–water partition coefficient (Wildman–Crippen LogP) is 2.39. The summed E-state index contributed by atoms with van der Waals surface area (Å²) in [7, 11) is 0. The van der Waals surface area contributed by atoms with E-state index in [1.807, 2.05) is 35.4 Å². The molecular formula is C23H32N4O3. The summed E-state index contributed by atoms with van der Waals surface area (Å²) in [4.78, 5) is 32.0. The average Bonchev–Trinajstić information content (AvgIpc) is 3.25. The number of likely N-dealkylation sites (tertiary alicyclic amines) is 1. The lowest BCUT2D eigenvalue weighted by molar-refractivity contribution is -0.130. The third kappa shape index (κ3) is 4.84. The Morgan fingerprint density at radius 3 is 2.60 bits per heavy atom. The molecule has 0 aliphatic carbocycles. The first kappa shape index (κ1) is 20.9. The number of H-pyrrole nitrogens is 1. The number of carbonyl (C=O) groups excluding carboxylic acids is 2. The van der Waals surface area contributed by atoms with Crippen LogP contribution in [0.15, 0.2) is 30.5 Å². The predicted molar refractivity (Wildman–Crippen MR) is 116 cm³/mol. The third-order valence-corrected chi connectivity index (χ3v) is 6.51. The Balaban J connectivity index is 1.35. The minimum absolute atomic E-state index is 0.0372. The van der Waals surface area contributed by atoms with Gasteiger partial charge in [-0.15, -0.1) is 0 Å². The maximum atomic E-state index is 12.7. The van der Waals surface area contributed by atoms with Gasteiger partial charge in [-0.3, -0.25) is 14.5 Å². The fourth-order valence-corrected chi connectivity index (χ4v) is 4.78. The number of piperidine rings is 1. The number of amides is 2. The highest BCUT2D eigenvalue weighted by Gasteiger charge is 2.31. The first-order chi connectivity index (χ1) is 14.6. The lowest BCUT2D eigenvalue weighted by atomic mass is 9.98. The van der Waals surface area contributed by atoms with Crippen LogP contribution >= 0.6 is 0 Å². The van der Waals surface area contributed by atoms with Gasteiger partial charge in [-0.05, 0) is 49.3 Å². The zero-order valence-corrected chi connectivity index (χ0v) is 17.7. The van der Waals surface area contributed by atoms with E-state index in [1.165, 1.54) is 0 Å². The smallest absolute Gasteiger partial charge is 0.251 e. The second-order valence-corrected chi connectivity index (χ2v) is 8.35. The fourth-order valence-electron chi connectivity index (χ4n) is 4.78. The van der Waals surface area contributed by atoms with E-state index >= 15 is 0 Å². The number of aromatic amines is 1. The molecule has 0 spiro atoms. The minimum atomic E-state index is -0.0372. The standard InChI is InChI=1S/C23H32N4O3/c1-17(28)26-11-5-20(6-12-26)27(21-7-14-30-15-8-21)13-10-25-23(29)19-3-2-18-4-9-24-22(18)16-19/h2-4,9,16,20-21,24H,5-8,10-15H2,1H3,(H,25,29). The van der Waals surface area contributed by atoms with Crippen LogP contribution in [-0.4, -0.2) is 78.1 Å². The van der Waals surface area contributed by atoms with Crippen LogP contribution in [0.5, 0.6) is 0 Å². The van der Waals surface area contributed by atoms with Crippen molar-refractivity contribution in [1.82, 2.24) is 20.1 Å². The van der Waals surface area contributed by atoms with Crippen molar-refractivity contribution in [2.45, 2.75) is 44.7 Å². The van der Waals surface area contributed by atoms with Gasteiger partial charge in [0.15, 0.2) is 0 Å². The number of nitrogens with one attached hydrogen (secondary N) is 2. The van der Waals surface area contributed by atoms with Gasteiger partial charge in [-0.1, -0.05) is 6.07 Å². The summed E-state index contributed by atoms with van der Waals surface area (Å²) in [5.74, 6) is 0.127. The number of hydrogen-bond acceptors (Lipinski definition) is 4. The molecule has 4 rings (SSSR count). The molecule has 2 amide bonds. The van der Waals surface area contributed by atoms with Gasteiger partial charge in [0.05, 0.1) is 0 Å². The number of carbonyl (C=O) groups is 2. The number of hydrogen-bond donors (Lipinski definition) is 2. The SMILES string of the molecule is CC(=O)N1CCC(N(CCNC(=O)c2ccc3cc[nH]c3c2)C2CCOCC2)CC1. The highest BCUT2D eigenvalue weighted by atomic mass is 16.5. The summed E-state index contributed by atoms with van der Waals surface area (Å²) >= 11 is 0. The van der Waals surface area contributed by atoms with Gasteiger partial charge in [-0.25, -0.2) is 0 Å². The van der Waals surface area contributed by atoms with Crippen molar-refractivity contribution < 1.29 is 14.3 Å². The van der Waals surface area contributed by atoms with E-state index in [9.17, 15) is 9.59 Å². The van der Waals surface area contributed by atoms with Crippen LogP contribution in [0.25, 0.3) is 10.9 Å². The Morgan fingerprint density at radius 2 is 1.87 bits per heavy atom. The summed E-state index contributed by atoms with van der Waals surface area (Å²) in [5, 5.41) is 4.21. The van der Waals surface area contributed by atoms with Crippen molar-refractivity contribution in [2.24, 2.45) is 0 Å². The molecule has 3 heterocycles. The van der Waals surface area contributed by atoms with Crippen LogP contribution in [0.1, 0.15) is 43.0 Å². The maximum absolute atomic E-state index is 12.7. The van der Waals surface area contributed by atoms with Crippen LogP contribution in [0, 0.1) is 0 Å². The van der Waals surface area contributed by atoms with Gasteiger partial charge in [0, 0.05) is 75.7 Å². The van der Waals surface area contributed by atoms with Gasteiger partial charge in [-0.2, -0.15) is 0 Å². The van der Waals surface area contributed by atoms with E-state index in [4.69, 9.17) is 4.74 Å². The molecule has 2 aliphatic heterocycles. The average molecular weight is 413 g/mol. The molecule has 1 aromatic heterocycles. The van der Waals surface area contributed by atoms with Crippen molar-refractivity contribution in [3.05, 3.63) is 36.0 Å². The van der Waals surface area contributed by atoms with E-state index < -0.39 is 0 Å². The lowest BCUT2D eigenvalue weighted by Crippen LogP contribution is -2.53. The molecule has 0 saturated carbocycles. The maximum Gasteiger partial charge on any atom is 0.251 e. The van der Waals surface area contributed by atoms with E-state index in [2.05, 4.69) is 15.2 Å². The Labute approximate surface area is 177 Å². The summed E-state index contributed by atoms with van der Waals surface area (Å²) < 4.78 is 5.56. The van der Waals surface area contributed by atoms with Crippen molar-refractivity contribution in [3.8, 4) is 0 Å². The summed E-state index contributed by atoms with van der Waals surface area (Å²) in [6.07, 6.45) is 5.94. The highest BCUT2D eigenvalue weighted by Crippen LogP contribution is 2.23. The number of ether oxygens (including phenoxy) is 1. The molecular weight excluding hydrogens is 380 g/mol. The van der Waals surface area contributed by atoms with Crippen LogP contribution in [0.4, 0.5) is 0 Å². The Hall–Kier alpha value is -2.38. The van der Waals surface area contributed by atoms with Crippen LogP contribution in [0.2, 0.25) is 0 Å². The topological polar surface area (TPSA) is 77.7 Å². The van der Waals surface area contributed by atoms with E-state index in [1.54, 1.807) is 6.92 Å². The first-order valence-corrected chi connectivity index (χ1v) is 11.1. The first-order valence-electron chi connectivity index (χ1n) is 11.1. The second kappa shape index (κ2) is 9.62. The summed E-state index contributed by atoms with van der Waals surface area (Å²) in [6.45, 7) is 6.34. The molecule has 2 fully saturated rings. The van der Waals surface area contributed by atoms with Crippen molar-refractivity contribution >= 4 is 22.7 Å². The molecule has 7 nitrogen and oxygen atoms in total. The number of aromatic nitrogens is 1. The number of benzene rings is 1. The Kier molecular flexibility index (Phi) is 6.69. The zero-order valence-electron chi connectivity index (χ0n) is 17.7. The van der Waals surface area contributed by atoms with E-state index in [-0.39, 0.29) is 11.8 Å². The number of rotatable bonds is 6. The molecule has 162 valence electrons. The molecule has 2 aliphatic rings. The molecule has 2 aromatic rings. The molecule has 0 radical (unpaired) electrons. The Morgan fingerprint density at radius 1 is 1.13 bits per heavy atom.